The van der Waals surface area contributed by atoms with Gasteiger partial charge in [0.05, 0.1) is 6.04 Å². The minimum absolute atomic E-state index is 0.0985. The second kappa shape index (κ2) is 8.45. The Morgan fingerprint density at radius 1 is 1.24 bits per heavy atom. The first-order valence-electron chi connectivity index (χ1n) is 9.10. The van der Waals surface area contributed by atoms with Gasteiger partial charge in [-0.15, -0.1) is 0 Å². The molecule has 3 rings (SSSR count). The van der Waals surface area contributed by atoms with E-state index in [9.17, 15) is 9.59 Å². The molecule has 6 heteroatoms. The summed E-state index contributed by atoms with van der Waals surface area (Å²) in [6.45, 7) is 3.36. The van der Waals surface area contributed by atoms with Gasteiger partial charge in [-0.05, 0) is 36.3 Å². The summed E-state index contributed by atoms with van der Waals surface area (Å²) < 4.78 is 5.31. The fraction of sp³-hybridized carbons (Fsp3) is 0.579. The van der Waals surface area contributed by atoms with E-state index < -0.39 is 6.04 Å². The van der Waals surface area contributed by atoms with Crippen molar-refractivity contribution < 1.29 is 14.3 Å². The van der Waals surface area contributed by atoms with E-state index in [1.165, 1.54) is 0 Å². The lowest BCUT2D eigenvalue weighted by atomic mass is 9.92. The summed E-state index contributed by atoms with van der Waals surface area (Å²) in [6, 6.07) is 7.56. The highest BCUT2D eigenvalue weighted by atomic mass is 16.5. The largest absolute Gasteiger partial charge is 0.381 e. The lowest BCUT2D eigenvalue weighted by Gasteiger charge is -2.26. The fourth-order valence-electron chi connectivity index (χ4n) is 3.45. The Morgan fingerprint density at radius 2 is 1.92 bits per heavy atom. The molecule has 3 N–H and O–H groups in total. The summed E-state index contributed by atoms with van der Waals surface area (Å²) in [5.41, 5.74) is 8.23. The Labute approximate surface area is 148 Å². The Kier molecular flexibility index (Phi) is 6.04. The van der Waals surface area contributed by atoms with E-state index in [2.05, 4.69) is 5.32 Å². The molecular formula is C19H27N3O3. The predicted molar refractivity (Wildman–Crippen MR) is 94.5 cm³/mol. The van der Waals surface area contributed by atoms with Gasteiger partial charge < -0.3 is 20.7 Å². The molecule has 2 aliphatic rings. The summed E-state index contributed by atoms with van der Waals surface area (Å²) in [5.74, 6) is 0.339. The lowest BCUT2D eigenvalue weighted by Crippen LogP contribution is -2.46. The molecule has 136 valence electrons. The molecule has 0 bridgehead atoms. The van der Waals surface area contributed by atoms with Gasteiger partial charge in [0.2, 0.25) is 11.8 Å². The summed E-state index contributed by atoms with van der Waals surface area (Å²) in [7, 11) is 0. The van der Waals surface area contributed by atoms with Crippen molar-refractivity contribution in [2.45, 2.75) is 44.8 Å². The molecule has 2 amide bonds. The van der Waals surface area contributed by atoms with Gasteiger partial charge in [-0.25, -0.2) is 0 Å². The molecule has 6 nitrogen and oxygen atoms in total. The number of hydrogen-bond donors (Lipinski definition) is 2. The third kappa shape index (κ3) is 4.80. The van der Waals surface area contributed by atoms with E-state index >= 15 is 0 Å². The van der Waals surface area contributed by atoms with Crippen molar-refractivity contribution in [1.82, 2.24) is 10.2 Å². The highest BCUT2D eigenvalue weighted by Crippen LogP contribution is 2.18. The van der Waals surface area contributed by atoms with Crippen LogP contribution in [0.5, 0.6) is 0 Å². The van der Waals surface area contributed by atoms with Crippen molar-refractivity contribution in [3.63, 3.8) is 0 Å². The van der Waals surface area contributed by atoms with Crippen LogP contribution in [0.25, 0.3) is 0 Å². The maximum atomic E-state index is 12.2. The van der Waals surface area contributed by atoms with Crippen LogP contribution in [0.15, 0.2) is 24.3 Å². The van der Waals surface area contributed by atoms with Crippen LogP contribution < -0.4 is 11.1 Å². The van der Waals surface area contributed by atoms with E-state index in [0.717, 1.165) is 36.9 Å². The molecular weight excluding hydrogens is 318 g/mol. The summed E-state index contributed by atoms with van der Waals surface area (Å²) in [6.07, 6.45) is 3.31. The molecule has 0 spiro atoms. The number of ether oxygens (including phenoxy) is 1. The summed E-state index contributed by atoms with van der Waals surface area (Å²) in [4.78, 5) is 25.8. The van der Waals surface area contributed by atoms with Crippen LogP contribution >= 0.6 is 0 Å². The minimum atomic E-state index is -0.468. The van der Waals surface area contributed by atoms with Gasteiger partial charge in [0, 0.05) is 39.3 Å². The molecule has 25 heavy (non-hydrogen) atoms. The molecule has 2 saturated heterocycles. The van der Waals surface area contributed by atoms with E-state index in [1.54, 1.807) is 0 Å². The van der Waals surface area contributed by atoms with Crippen LogP contribution in [0, 0.1) is 5.92 Å². The molecule has 1 aromatic rings. The van der Waals surface area contributed by atoms with E-state index in [1.807, 2.05) is 29.2 Å². The number of nitrogens with one attached hydrogen (secondary N) is 1. The zero-order valence-corrected chi connectivity index (χ0v) is 14.6. The Balaban J connectivity index is 1.46. The normalized spacial score (nSPS) is 19.9. The number of nitrogens with zero attached hydrogens (tertiary/aromatic N) is 1. The standard InChI is InChI=1S/C19H27N3O3/c20-18(16-7-10-25-11-8-16)19(24)21-12-14-3-5-15(6-4-14)13-22-9-1-2-17(22)23/h3-6,16,18H,1-2,7-13,20H2,(H,21,24). The second-order valence-electron chi connectivity index (χ2n) is 6.93. The summed E-state index contributed by atoms with van der Waals surface area (Å²) >= 11 is 0. The first-order chi connectivity index (χ1) is 12.1. The molecule has 1 atom stereocenters. The average Bonchev–Trinajstić information content (AvgIpc) is 3.05. The van der Waals surface area contributed by atoms with Gasteiger partial charge in [0.1, 0.15) is 0 Å². The third-order valence-corrected chi connectivity index (χ3v) is 5.11. The van der Waals surface area contributed by atoms with Crippen molar-refractivity contribution in [3.05, 3.63) is 35.4 Å². The van der Waals surface area contributed by atoms with Gasteiger partial charge in [-0.1, -0.05) is 24.3 Å². The molecule has 1 aromatic carbocycles. The number of carbonyl (C=O) groups is 2. The van der Waals surface area contributed by atoms with Crippen LogP contribution in [0.4, 0.5) is 0 Å². The monoisotopic (exact) mass is 345 g/mol. The molecule has 2 heterocycles. The van der Waals surface area contributed by atoms with Crippen LogP contribution in [0.2, 0.25) is 0 Å². The number of benzene rings is 1. The third-order valence-electron chi connectivity index (χ3n) is 5.11. The van der Waals surface area contributed by atoms with Gasteiger partial charge in [0.15, 0.2) is 0 Å². The molecule has 2 aliphatic heterocycles. The maximum Gasteiger partial charge on any atom is 0.237 e. The molecule has 0 aromatic heterocycles. The quantitative estimate of drug-likeness (QED) is 0.811. The number of likely N-dealkylation sites (tertiary alicyclic amines) is 1. The van der Waals surface area contributed by atoms with E-state index in [4.69, 9.17) is 10.5 Å². The van der Waals surface area contributed by atoms with E-state index in [-0.39, 0.29) is 17.7 Å². The molecule has 0 aliphatic carbocycles. The van der Waals surface area contributed by atoms with Crippen LogP contribution in [-0.2, 0) is 27.4 Å². The first kappa shape index (κ1) is 17.9. The Morgan fingerprint density at radius 3 is 2.56 bits per heavy atom. The smallest absolute Gasteiger partial charge is 0.237 e. The van der Waals surface area contributed by atoms with Gasteiger partial charge >= 0.3 is 0 Å². The van der Waals surface area contributed by atoms with Crippen molar-refractivity contribution in [3.8, 4) is 0 Å². The summed E-state index contributed by atoms with van der Waals surface area (Å²) in [5, 5.41) is 2.93. The number of hydrogen-bond acceptors (Lipinski definition) is 4. The highest BCUT2D eigenvalue weighted by Gasteiger charge is 2.26. The zero-order valence-electron chi connectivity index (χ0n) is 14.6. The number of carbonyl (C=O) groups excluding carboxylic acids is 2. The Bertz CT molecular complexity index is 596. The van der Waals surface area contributed by atoms with Crippen molar-refractivity contribution in [1.29, 1.82) is 0 Å². The molecule has 0 radical (unpaired) electrons. The van der Waals surface area contributed by atoms with Crippen LogP contribution in [0.3, 0.4) is 0 Å². The average molecular weight is 345 g/mol. The van der Waals surface area contributed by atoms with Crippen LogP contribution in [0.1, 0.15) is 36.8 Å². The maximum absolute atomic E-state index is 12.2. The fourth-order valence-corrected chi connectivity index (χ4v) is 3.45. The molecule has 1 unspecified atom stereocenters. The van der Waals surface area contributed by atoms with E-state index in [0.29, 0.717) is 32.7 Å². The van der Waals surface area contributed by atoms with Crippen LogP contribution in [-0.4, -0.2) is 42.5 Å². The van der Waals surface area contributed by atoms with Gasteiger partial charge in [0.25, 0.3) is 0 Å². The SMILES string of the molecule is NC(C(=O)NCc1ccc(CN2CCCC2=O)cc1)C1CCOCC1. The van der Waals surface area contributed by atoms with Crippen molar-refractivity contribution in [2.24, 2.45) is 11.7 Å². The van der Waals surface area contributed by atoms with Crippen molar-refractivity contribution >= 4 is 11.8 Å². The number of amides is 2. The number of nitrogens with two attached hydrogens (primary N) is 1. The zero-order chi connectivity index (χ0) is 17.6. The minimum Gasteiger partial charge on any atom is -0.381 e. The first-order valence-corrected chi connectivity index (χ1v) is 9.10. The number of rotatable bonds is 6. The van der Waals surface area contributed by atoms with Gasteiger partial charge in [-0.2, -0.15) is 0 Å². The molecule has 2 fully saturated rings. The predicted octanol–water partition coefficient (Wildman–Crippen LogP) is 1.18. The van der Waals surface area contributed by atoms with Gasteiger partial charge in [-0.3, -0.25) is 9.59 Å². The Hall–Kier alpha value is -1.92. The molecule has 0 saturated carbocycles. The second-order valence-corrected chi connectivity index (χ2v) is 6.93. The highest BCUT2D eigenvalue weighted by molar-refractivity contribution is 5.81. The lowest BCUT2D eigenvalue weighted by molar-refractivity contribution is -0.128. The topological polar surface area (TPSA) is 84.7 Å². The van der Waals surface area contributed by atoms with Crippen molar-refractivity contribution in [2.75, 3.05) is 19.8 Å².